The third-order valence-corrected chi connectivity index (χ3v) is 3.64. The Morgan fingerprint density at radius 1 is 1.20 bits per heavy atom. The standard InChI is InChI=1S/C19H16FNO4/c1-3-24-12-5-6-13-14(10-18(22)25-17(13)9-12)19(23)21-16-8-11(2)4-7-15(16)20/h4-10H,3H2,1-2H3,(H,21,23). The Balaban J connectivity index is 2.03. The van der Waals surface area contributed by atoms with E-state index in [2.05, 4.69) is 5.32 Å². The van der Waals surface area contributed by atoms with E-state index in [1.165, 1.54) is 12.1 Å². The topological polar surface area (TPSA) is 68.5 Å². The molecule has 128 valence electrons. The maximum Gasteiger partial charge on any atom is 0.337 e. The van der Waals surface area contributed by atoms with Gasteiger partial charge in [-0.15, -0.1) is 0 Å². The third kappa shape index (κ3) is 3.52. The van der Waals surface area contributed by atoms with Crippen LogP contribution in [0.15, 0.2) is 51.7 Å². The Morgan fingerprint density at radius 3 is 2.76 bits per heavy atom. The van der Waals surface area contributed by atoms with Crippen LogP contribution in [0.2, 0.25) is 0 Å². The van der Waals surface area contributed by atoms with Crippen molar-refractivity contribution in [3.63, 3.8) is 0 Å². The largest absolute Gasteiger partial charge is 0.494 e. The first kappa shape index (κ1) is 16.7. The van der Waals surface area contributed by atoms with Gasteiger partial charge in [-0.05, 0) is 43.7 Å². The SMILES string of the molecule is CCOc1ccc2c(C(=O)Nc3cc(C)ccc3F)cc(=O)oc2c1. The molecule has 2 aromatic carbocycles. The molecular formula is C19H16FNO4. The Bertz CT molecular complexity index is 1010. The van der Waals surface area contributed by atoms with Crippen LogP contribution >= 0.6 is 0 Å². The number of nitrogens with one attached hydrogen (secondary N) is 1. The summed E-state index contributed by atoms with van der Waals surface area (Å²) in [4.78, 5) is 24.4. The number of benzene rings is 2. The number of rotatable bonds is 4. The van der Waals surface area contributed by atoms with Gasteiger partial charge in [-0.2, -0.15) is 0 Å². The van der Waals surface area contributed by atoms with Crippen molar-refractivity contribution in [1.82, 2.24) is 0 Å². The molecule has 0 saturated heterocycles. The van der Waals surface area contributed by atoms with E-state index >= 15 is 0 Å². The van der Waals surface area contributed by atoms with Crippen LogP contribution in [0, 0.1) is 12.7 Å². The first-order valence-corrected chi connectivity index (χ1v) is 7.76. The molecule has 1 amide bonds. The van der Waals surface area contributed by atoms with Crippen molar-refractivity contribution >= 4 is 22.6 Å². The van der Waals surface area contributed by atoms with Gasteiger partial charge in [-0.25, -0.2) is 9.18 Å². The van der Waals surface area contributed by atoms with Crippen LogP contribution in [0.4, 0.5) is 10.1 Å². The first-order valence-electron chi connectivity index (χ1n) is 7.76. The molecule has 0 radical (unpaired) electrons. The summed E-state index contributed by atoms with van der Waals surface area (Å²) in [6.45, 7) is 4.08. The Kier molecular flexibility index (Phi) is 4.52. The summed E-state index contributed by atoms with van der Waals surface area (Å²) in [5.74, 6) is -0.614. The molecule has 0 aliphatic carbocycles. The van der Waals surface area contributed by atoms with E-state index in [9.17, 15) is 14.0 Å². The van der Waals surface area contributed by atoms with Crippen molar-refractivity contribution in [2.75, 3.05) is 11.9 Å². The fourth-order valence-corrected chi connectivity index (χ4v) is 2.51. The van der Waals surface area contributed by atoms with E-state index in [1.54, 1.807) is 31.2 Å². The smallest absolute Gasteiger partial charge is 0.337 e. The molecule has 1 aromatic heterocycles. The summed E-state index contributed by atoms with van der Waals surface area (Å²) < 4.78 is 24.4. The van der Waals surface area contributed by atoms with Gasteiger partial charge in [-0.3, -0.25) is 4.79 Å². The summed E-state index contributed by atoms with van der Waals surface area (Å²) in [6.07, 6.45) is 0. The molecule has 1 heterocycles. The molecular weight excluding hydrogens is 325 g/mol. The average Bonchev–Trinajstić information content (AvgIpc) is 2.57. The molecule has 0 spiro atoms. The molecule has 5 nitrogen and oxygen atoms in total. The molecule has 25 heavy (non-hydrogen) atoms. The van der Waals surface area contributed by atoms with Crippen LogP contribution < -0.4 is 15.7 Å². The number of aryl methyl sites for hydroxylation is 1. The summed E-state index contributed by atoms with van der Waals surface area (Å²) >= 11 is 0. The minimum Gasteiger partial charge on any atom is -0.494 e. The number of anilines is 1. The number of amides is 1. The number of hydrogen-bond donors (Lipinski definition) is 1. The lowest BCUT2D eigenvalue weighted by molar-refractivity contribution is 0.102. The van der Waals surface area contributed by atoms with Gasteiger partial charge in [0, 0.05) is 17.5 Å². The molecule has 0 unspecified atom stereocenters. The molecule has 3 aromatic rings. The van der Waals surface area contributed by atoms with E-state index in [0.717, 1.165) is 11.6 Å². The van der Waals surface area contributed by atoms with E-state index < -0.39 is 17.3 Å². The minimum absolute atomic E-state index is 0.0531. The second-order valence-corrected chi connectivity index (χ2v) is 5.51. The zero-order valence-electron chi connectivity index (χ0n) is 13.8. The highest BCUT2D eigenvalue weighted by molar-refractivity contribution is 6.12. The molecule has 0 fully saturated rings. The van der Waals surface area contributed by atoms with Crippen LogP contribution in [-0.2, 0) is 0 Å². The number of fused-ring (bicyclic) bond motifs is 1. The van der Waals surface area contributed by atoms with Gasteiger partial charge < -0.3 is 14.5 Å². The predicted molar refractivity (Wildman–Crippen MR) is 92.7 cm³/mol. The van der Waals surface area contributed by atoms with Crippen molar-refractivity contribution in [2.45, 2.75) is 13.8 Å². The van der Waals surface area contributed by atoms with Gasteiger partial charge in [0.15, 0.2) is 0 Å². The summed E-state index contributed by atoms with van der Waals surface area (Å²) in [5, 5.41) is 2.94. The van der Waals surface area contributed by atoms with Crippen molar-refractivity contribution < 1.29 is 18.3 Å². The predicted octanol–water partition coefficient (Wildman–Crippen LogP) is 3.89. The first-order chi connectivity index (χ1) is 12.0. The zero-order valence-corrected chi connectivity index (χ0v) is 13.8. The van der Waals surface area contributed by atoms with Gasteiger partial charge in [0.2, 0.25) is 0 Å². The Morgan fingerprint density at radius 2 is 2.00 bits per heavy atom. The highest BCUT2D eigenvalue weighted by Crippen LogP contribution is 2.24. The Labute approximate surface area is 143 Å². The lowest BCUT2D eigenvalue weighted by Gasteiger charge is -2.10. The monoisotopic (exact) mass is 341 g/mol. The quantitative estimate of drug-likeness (QED) is 0.731. The number of hydrogen-bond acceptors (Lipinski definition) is 4. The fourth-order valence-electron chi connectivity index (χ4n) is 2.51. The molecule has 6 heteroatoms. The second kappa shape index (κ2) is 6.76. The van der Waals surface area contributed by atoms with Crippen LogP contribution in [0.3, 0.4) is 0 Å². The molecule has 0 aliphatic rings. The molecule has 0 atom stereocenters. The summed E-state index contributed by atoms with van der Waals surface area (Å²) in [6, 6.07) is 10.3. The normalized spacial score (nSPS) is 10.7. The minimum atomic E-state index is -0.670. The van der Waals surface area contributed by atoms with E-state index in [-0.39, 0.29) is 16.8 Å². The van der Waals surface area contributed by atoms with Crippen molar-refractivity contribution in [3.05, 3.63) is 69.8 Å². The molecule has 0 bridgehead atoms. The third-order valence-electron chi connectivity index (χ3n) is 3.64. The van der Waals surface area contributed by atoms with Crippen LogP contribution in [0.25, 0.3) is 11.0 Å². The van der Waals surface area contributed by atoms with Gasteiger partial charge >= 0.3 is 5.63 Å². The van der Waals surface area contributed by atoms with E-state index in [1.807, 2.05) is 6.92 Å². The zero-order chi connectivity index (χ0) is 18.0. The molecule has 0 aliphatic heterocycles. The van der Waals surface area contributed by atoms with Crippen LogP contribution in [-0.4, -0.2) is 12.5 Å². The van der Waals surface area contributed by atoms with Crippen molar-refractivity contribution in [2.24, 2.45) is 0 Å². The summed E-state index contributed by atoms with van der Waals surface area (Å²) in [5.41, 5.74) is 0.521. The lowest BCUT2D eigenvalue weighted by atomic mass is 10.1. The average molecular weight is 341 g/mol. The molecule has 3 rings (SSSR count). The van der Waals surface area contributed by atoms with Gasteiger partial charge in [-0.1, -0.05) is 6.07 Å². The summed E-state index contributed by atoms with van der Waals surface area (Å²) in [7, 11) is 0. The Hall–Kier alpha value is -3.15. The van der Waals surface area contributed by atoms with Gasteiger partial charge in [0.05, 0.1) is 17.9 Å². The maximum absolute atomic E-state index is 13.9. The van der Waals surface area contributed by atoms with Gasteiger partial charge in [0.25, 0.3) is 5.91 Å². The van der Waals surface area contributed by atoms with E-state index in [0.29, 0.717) is 17.7 Å². The highest BCUT2D eigenvalue weighted by atomic mass is 19.1. The molecule has 0 saturated carbocycles. The van der Waals surface area contributed by atoms with E-state index in [4.69, 9.17) is 9.15 Å². The highest BCUT2D eigenvalue weighted by Gasteiger charge is 2.15. The molecule has 1 N–H and O–H groups in total. The number of halogens is 1. The number of carbonyl (C=O) groups is 1. The second-order valence-electron chi connectivity index (χ2n) is 5.51. The van der Waals surface area contributed by atoms with Crippen LogP contribution in [0.1, 0.15) is 22.8 Å². The maximum atomic E-state index is 13.9. The fraction of sp³-hybridized carbons (Fsp3) is 0.158. The number of ether oxygens (including phenoxy) is 1. The lowest BCUT2D eigenvalue weighted by Crippen LogP contribution is -2.16. The van der Waals surface area contributed by atoms with Crippen molar-refractivity contribution in [3.8, 4) is 5.75 Å². The number of carbonyl (C=O) groups excluding carboxylic acids is 1. The van der Waals surface area contributed by atoms with Gasteiger partial charge in [0.1, 0.15) is 17.1 Å². The van der Waals surface area contributed by atoms with Crippen molar-refractivity contribution in [1.29, 1.82) is 0 Å². The van der Waals surface area contributed by atoms with Crippen LogP contribution in [0.5, 0.6) is 5.75 Å².